The van der Waals surface area contributed by atoms with Gasteiger partial charge in [0.05, 0.1) is 5.56 Å². The Kier molecular flexibility index (Phi) is 7.63. The van der Waals surface area contributed by atoms with Crippen molar-refractivity contribution in [2.75, 3.05) is 19.7 Å². The van der Waals surface area contributed by atoms with Gasteiger partial charge in [-0.05, 0) is 52.0 Å². The van der Waals surface area contributed by atoms with Crippen molar-refractivity contribution in [1.82, 2.24) is 10.6 Å². The van der Waals surface area contributed by atoms with Gasteiger partial charge in [0, 0.05) is 17.6 Å². The summed E-state index contributed by atoms with van der Waals surface area (Å²) in [5, 5.41) is 5.53. The Morgan fingerprint density at radius 1 is 1.04 bits per heavy atom. The summed E-state index contributed by atoms with van der Waals surface area (Å²) in [6.07, 6.45) is 0. The lowest BCUT2D eigenvalue weighted by atomic mass is 9.85. The van der Waals surface area contributed by atoms with Crippen LogP contribution in [0, 0.1) is 6.92 Å². The van der Waals surface area contributed by atoms with E-state index in [9.17, 15) is 9.59 Å². The molecule has 0 saturated heterocycles. The maximum absolute atomic E-state index is 12.1. The third kappa shape index (κ3) is 6.37. The predicted molar refractivity (Wildman–Crippen MR) is 115 cm³/mol. The van der Waals surface area contributed by atoms with Gasteiger partial charge in [0.25, 0.3) is 11.8 Å². The Morgan fingerprint density at radius 2 is 1.71 bits per heavy atom. The van der Waals surface area contributed by atoms with Crippen molar-refractivity contribution in [3.8, 4) is 5.75 Å². The van der Waals surface area contributed by atoms with Crippen LogP contribution in [-0.2, 0) is 10.2 Å². The van der Waals surface area contributed by atoms with Crippen LogP contribution in [0.4, 0.5) is 0 Å². The first kappa shape index (κ1) is 22.0. The number of nitrogens with one attached hydrogen (secondary N) is 2. The normalized spacial score (nSPS) is 11.0. The van der Waals surface area contributed by atoms with Gasteiger partial charge in [-0.25, -0.2) is 0 Å². The van der Waals surface area contributed by atoms with E-state index < -0.39 is 0 Å². The lowest BCUT2D eigenvalue weighted by molar-refractivity contribution is -0.123. The third-order valence-corrected chi connectivity index (χ3v) is 4.84. The molecule has 0 aliphatic carbocycles. The van der Waals surface area contributed by atoms with Crippen LogP contribution in [0.3, 0.4) is 0 Å². The number of hydrogen-bond acceptors (Lipinski definition) is 3. The van der Waals surface area contributed by atoms with Gasteiger partial charge in [0.2, 0.25) is 0 Å². The van der Waals surface area contributed by atoms with E-state index in [-0.39, 0.29) is 23.8 Å². The van der Waals surface area contributed by atoms with Crippen molar-refractivity contribution in [2.45, 2.75) is 33.1 Å². The summed E-state index contributed by atoms with van der Waals surface area (Å²) in [5.74, 6) is 0.304. The molecule has 28 heavy (non-hydrogen) atoms. The minimum absolute atomic E-state index is 0.0652. The van der Waals surface area contributed by atoms with Crippen molar-refractivity contribution in [1.29, 1.82) is 0 Å². The number of carbonyl (C=O) groups excluding carboxylic acids is 2. The molecule has 0 aromatic heterocycles. The van der Waals surface area contributed by atoms with E-state index in [1.54, 1.807) is 12.1 Å². The van der Waals surface area contributed by atoms with E-state index in [2.05, 4.69) is 53.4 Å². The van der Waals surface area contributed by atoms with E-state index in [0.717, 1.165) is 21.3 Å². The van der Waals surface area contributed by atoms with Crippen LogP contribution >= 0.6 is 15.9 Å². The van der Waals surface area contributed by atoms with Crippen LogP contribution < -0.4 is 15.4 Å². The van der Waals surface area contributed by atoms with Crippen molar-refractivity contribution in [3.05, 3.63) is 63.6 Å². The number of carbonyl (C=O) groups is 2. The minimum Gasteiger partial charge on any atom is -0.483 e. The fraction of sp³-hybridized carbons (Fsp3) is 0.364. The number of hydrogen-bond donors (Lipinski definition) is 2. The summed E-state index contributed by atoms with van der Waals surface area (Å²) < 4.78 is 6.47. The van der Waals surface area contributed by atoms with Crippen LogP contribution in [0.15, 0.2) is 46.9 Å². The highest BCUT2D eigenvalue weighted by Gasteiger charge is 2.19. The molecule has 2 N–H and O–H groups in total. The first-order chi connectivity index (χ1) is 13.2. The summed E-state index contributed by atoms with van der Waals surface area (Å²) in [4.78, 5) is 24.2. The number of benzene rings is 2. The largest absolute Gasteiger partial charge is 0.483 e. The lowest BCUT2D eigenvalue weighted by Crippen LogP contribution is -2.37. The SMILES string of the molecule is Cc1ccc(OCC(=O)NCCNC(=O)c2ccccc2Br)c(C(C)(C)C)c1. The molecular formula is C22H27BrN2O3. The summed E-state index contributed by atoms with van der Waals surface area (Å²) in [6.45, 7) is 8.98. The Morgan fingerprint density at radius 3 is 2.39 bits per heavy atom. The number of aryl methyl sites for hydroxylation is 1. The standard InChI is InChI=1S/C22H27BrN2O3/c1-15-9-10-19(17(13-15)22(2,3)4)28-14-20(26)24-11-12-25-21(27)16-7-5-6-8-18(16)23/h5-10,13H,11-12,14H2,1-4H3,(H,24,26)(H,25,27). The average Bonchev–Trinajstić information content (AvgIpc) is 2.63. The van der Waals surface area contributed by atoms with Gasteiger partial charge in [-0.2, -0.15) is 0 Å². The maximum atomic E-state index is 12.1. The molecule has 0 heterocycles. The quantitative estimate of drug-likeness (QED) is 0.631. The van der Waals surface area contributed by atoms with E-state index in [4.69, 9.17) is 4.74 Å². The Labute approximate surface area is 175 Å². The zero-order chi connectivity index (χ0) is 20.7. The molecule has 2 amide bonds. The second kappa shape index (κ2) is 9.73. The molecule has 2 rings (SSSR count). The van der Waals surface area contributed by atoms with Crippen molar-refractivity contribution in [2.24, 2.45) is 0 Å². The van der Waals surface area contributed by atoms with Crippen molar-refractivity contribution < 1.29 is 14.3 Å². The molecule has 0 unspecified atom stereocenters. The number of ether oxygens (including phenoxy) is 1. The van der Waals surface area contributed by atoms with Gasteiger partial charge < -0.3 is 15.4 Å². The molecule has 6 heteroatoms. The summed E-state index contributed by atoms with van der Waals surface area (Å²) >= 11 is 3.35. The van der Waals surface area contributed by atoms with Crippen LogP contribution in [0.1, 0.15) is 42.3 Å². The Hall–Kier alpha value is -2.34. The van der Waals surface area contributed by atoms with Crippen molar-refractivity contribution >= 4 is 27.7 Å². The second-order valence-corrected chi connectivity index (χ2v) is 8.48. The third-order valence-electron chi connectivity index (χ3n) is 4.15. The average molecular weight is 447 g/mol. The van der Waals surface area contributed by atoms with Gasteiger partial charge >= 0.3 is 0 Å². The molecule has 2 aromatic carbocycles. The highest BCUT2D eigenvalue weighted by molar-refractivity contribution is 9.10. The zero-order valence-corrected chi connectivity index (χ0v) is 18.4. The second-order valence-electron chi connectivity index (χ2n) is 7.62. The number of amides is 2. The molecule has 0 radical (unpaired) electrons. The van der Waals surface area contributed by atoms with E-state index >= 15 is 0 Å². The topological polar surface area (TPSA) is 67.4 Å². The van der Waals surface area contributed by atoms with Gasteiger partial charge in [-0.1, -0.05) is 50.6 Å². The van der Waals surface area contributed by atoms with Gasteiger partial charge in [0.15, 0.2) is 6.61 Å². The molecule has 0 bridgehead atoms. The molecule has 0 spiro atoms. The van der Waals surface area contributed by atoms with Gasteiger partial charge in [-0.3, -0.25) is 9.59 Å². The van der Waals surface area contributed by atoms with Crippen LogP contribution in [-0.4, -0.2) is 31.5 Å². The molecule has 5 nitrogen and oxygen atoms in total. The molecule has 0 fully saturated rings. The highest BCUT2D eigenvalue weighted by atomic mass is 79.9. The monoisotopic (exact) mass is 446 g/mol. The fourth-order valence-electron chi connectivity index (χ4n) is 2.67. The Bertz CT molecular complexity index is 844. The number of halogens is 1. The van der Waals surface area contributed by atoms with E-state index in [0.29, 0.717) is 18.7 Å². The molecule has 0 atom stereocenters. The van der Waals surface area contributed by atoms with Crippen molar-refractivity contribution in [3.63, 3.8) is 0 Å². The molecule has 150 valence electrons. The molecular weight excluding hydrogens is 420 g/mol. The minimum atomic E-state index is -0.226. The molecule has 0 aliphatic heterocycles. The molecule has 2 aromatic rings. The maximum Gasteiger partial charge on any atom is 0.258 e. The molecule has 0 aliphatic rings. The van der Waals surface area contributed by atoms with Gasteiger partial charge in [0.1, 0.15) is 5.75 Å². The summed E-state index contributed by atoms with van der Waals surface area (Å²) in [7, 11) is 0. The molecule has 0 saturated carbocycles. The predicted octanol–water partition coefficient (Wildman–Crippen LogP) is 3.98. The Balaban J connectivity index is 1.78. The lowest BCUT2D eigenvalue weighted by Gasteiger charge is -2.23. The van der Waals surface area contributed by atoms with Crippen LogP contribution in [0.2, 0.25) is 0 Å². The van der Waals surface area contributed by atoms with E-state index in [1.165, 1.54) is 0 Å². The first-order valence-corrected chi connectivity index (χ1v) is 10.0. The first-order valence-electron chi connectivity index (χ1n) is 9.22. The van der Waals surface area contributed by atoms with E-state index in [1.807, 2.05) is 31.2 Å². The smallest absolute Gasteiger partial charge is 0.258 e. The fourth-order valence-corrected chi connectivity index (χ4v) is 3.13. The highest BCUT2D eigenvalue weighted by Crippen LogP contribution is 2.32. The van der Waals surface area contributed by atoms with Gasteiger partial charge in [-0.15, -0.1) is 0 Å². The zero-order valence-electron chi connectivity index (χ0n) is 16.8. The summed E-state index contributed by atoms with van der Waals surface area (Å²) in [5.41, 5.74) is 2.71. The summed E-state index contributed by atoms with van der Waals surface area (Å²) in [6, 6.07) is 13.2. The number of rotatable bonds is 7. The van der Waals surface area contributed by atoms with Crippen LogP contribution in [0.25, 0.3) is 0 Å². The van der Waals surface area contributed by atoms with Crippen LogP contribution in [0.5, 0.6) is 5.75 Å².